The van der Waals surface area contributed by atoms with Crippen LogP contribution in [0.25, 0.3) is 0 Å². The lowest BCUT2D eigenvalue weighted by Gasteiger charge is -2.10. The Morgan fingerprint density at radius 2 is 1.70 bits per heavy atom. The molecule has 4 aromatic rings. The molecule has 0 saturated carbocycles. The third kappa shape index (κ3) is 5.74. The molecule has 2 N–H and O–H groups in total. The number of aromatic nitrogens is 4. The Kier molecular flexibility index (Phi) is 7.76. The zero-order valence-corrected chi connectivity index (χ0v) is 21.7. The largest absolute Gasteiger partial charge is 0.486 e. The van der Waals surface area contributed by atoms with Crippen molar-refractivity contribution in [1.29, 1.82) is 0 Å². The van der Waals surface area contributed by atoms with Crippen LogP contribution < -0.4 is 15.4 Å². The zero-order valence-electron chi connectivity index (χ0n) is 21.7. The van der Waals surface area contributed by atoms with E-state index in [1.54, 1.807) is 30.1 Å². The van der Waals surface area contributed by atoms with Crippen LogP contribution in [0.4, 0.5) is 11.4 Å². The lowest BCUT2D eigenvalue weighted by Crippen LogP contribution is -2.21. The Labute approximate surface area is 215 Å². The lowest BCUT2D eigenvalue weighted by molar-refractivity contribution is 0.0992. The maximum atomic E-state index is 13.1. The van der Waals surface area contributed by atoms with Gasteiger partial charge < -0.3 is 19.8 Å². The first kappa shape index (κ1) is 25.7. The highest BCUT2D eigenvalue weighted by atomic mass is 16.5. The molecule has 0 aliphatic carbocycles. The summed E-state index contributed by atoms with van der Waals surface area (Å²) in [6.45, 7) is 8.70. The van der Waals surface area contributed by atoms with Crippen LogP contribution in [0.3, 0.4) is 0 Å². The van der Waals surface area contributed by atoms with Crippen molar-refractivity contribution in [3.8, 4) is 5.75 Å². The fourth-order valence-electron chi connectivity index (χ4n) is 3.80. The molecule has 0 saturated heterocycles. The summed E-state index contributed by atoms with van der Waals surface area (Å²) in [4.78, 5) is 25.9. The van der Waals surface area contributed by atoms with Gasteiger partial charge in [0.1, 0.15) is 23.8 Å². The number of aryl methyl sites for hydroxylation is 2. The molecule has 1 unspecified atom stereocenters. The van der Waals surface area contributed by atoms with Gasteiger partial charge in [0.25, 0.3) is 11.8 Å². The highest BCUT2D eigenvalue weighted by Crippen LogP contribution is 2.23. The quantitative estimate of drug-likeness (QED) is 0.309. The van der Waals surface area contributed by atoms with Crippen LogP contribution in [0.5, 0.6) is 5.75 Å². The molecule has 0 fully saturated rings. The summed E-state index contributed by atoms with van der Waals surface area (Å²) in [6.07, 6.45) is 4.10. The minimum Gasteiger partial charge on any atom is -0.486 e. The van der Waals surface area contributed by atoms with Crippen LogP contribution in [0.2, 0.25) is 0 Å². The van der Waals surface area contributed by atoms with Crippen molar-refractivity contribution in [2.75, 3.05) is 10.6 Å². The first-order valence-corrected chi connectivity index (χ1v) is 12.3. The molecule has 2 amide bonds. The predicted octanol–water partition coefficient (Wildman–Crippen LogP) is 5.14. The molecule has 194 valence electrons. The molecule has 0 spiro atoms. The molecule has 3 heterocycles. The minimum atomic E-state index is -0.494. The van der Waals surface area contributed by atoms with Gasteiger partial charge in [-0.15, -0.1) is 0 Å². The molecule has 0 aliphatic rings. The second-order valence-corrected chi connectivity index (χ2v) is 8.83. The van der Waals surface area contributed by atoms with Crippen LogP contribution >= 0.6 is 0 Å². The van der Waals surface area contributed by atoms with E-state index in [1.807, 2.05) is 26.0 Å². The number of rotatable bonds is 10. The number of hydrogen-bond donors (Lipinski definition) is 2. The number of hydrogen-bond acceptors (Lipinski definition) is 6. The summed E-state index contributed by atoms with van der Waals surface area (Å²) in [5.74, 6) is 0.927. The molecule has 0 aliphatic heterocycles. The molecule has 10 nitrogen and oxygen atoms in total. The van der Waals surface area contributed by atoms with Crippen molar-refractivity contribution < 1.29 is 18.7 Å². The summed E-state index contributed by atoms with van der Waals surface area (Å²) < 4.78 is 14.7. The summed E-state index contributed by atoms with van der Waals surface area (Å²) in [5.41, 5.74) is 3.16. The number of amides is 2. The van der Waals surface area contributed by atoms with Gasteiger partial charge in [0, 0.05) is 13.6 Å². The van der Waals surface area contributed by atoms with E-state index in [1.165, 1.54) is 16.4 Å². The summed E-state index contributed by atoms with van der Waals surface area (Å²) in [6, 6.07) is 11.3. The fraction of sp³-hybridized carbons (Fsp3) is 0.333. The zero-order chi connectivity index (χ0) is 26.5. The van der Waals surface area contributed by atoms with E-state index in [4.69, 9.17) is 9.15 Å². The fourth-order valence-corrected chi connectivity index (χ4v) is 3.80. The number of nitrogens with one attached hydrogen (secondary N) is 2. The molecule has 3 aromatic heterocycles. The molecule has 4 rings (SSSR count). The Bertz CT molecular complexity index is 1380. The van der Waals surface area contributed by atoms with E-state index in [0.717, 1.165) is 17.9 Å². The highest BCUT2D eigenvalue weighted by Gasteiger charge is 2.22. The molecule has 1 aromatic carbocycles. The van der Waals surface area contributed by atoms with Crippen LogP contribution in [-0.2, 0) is 20.2 Å². The van der Waals surface area contributed by atoms with Gasteiger partial charge in [0.15, 0.2) is 5.76 Å². The van der Waals surface area contributed by atoms with Gasteiger partial charge in [-0.3, -0.25) is 19.0 Å². The van der Waals surface area contributed by atoms with Crippen LogP contribution in [-0.4, -0.2) is 31.4 Å². The Morgan fingerprint density at radius 1 is 1.00 bits per heavy atom. The lowest BCUT2D eigenvalue weighted by atomic mass is 9.99. The SMILES string of the molecule is CCC(C)c1ccc(OCc2ccc(C(=O)Nc3cnn(CC)c3C(=O)Nc3cnn(C)c3C)o2)cc1. The third-order valence-electron chi connectivity index (χ3n) is 6.41. The summed E-state index contributed by atoms with van der Waals surface area (Å²) >= 11 is 0. The van der Waals surface area contributed by atoms with Gasteiger partial charge in [-0.25, -0.2) is 0 Å². The van der Waals surface area contributed by atoms with Gasteiger partial charge in [0.2, 0.25) is 0 Å². The van der Waals surface area contributed by atoms with E-state index >= 15 is 0 Å². The van der Waals surface area contributed by atoms with Crippen molar-refractivity contribution >= 4 is 23.2 Å². The Hall–Kier alpha value is -4.34. The van der Waals surface area contributed by atoms with Crippen molar-refractivity contribution in [3.63, 3.8) is 0 Å². The van der Waals surface area contributed by atoms with E-state index in [9.17, 15) is 9.59 Å². The number of nitrogens with zero attached hydrogens (tertiary/aromatic N) is 4. The average Bonchev–Trinajstić information content (AvgIpc) is 3.63. The molecule has 1 atom stereocenters. The first-order valence-electron chi connectivity index (χ1n) is 12.3. The number of anilines is 2. The van der Waals surface area contributed by atoms with Crippen LogP contribution in [0.15, 0.2) is 53.2 Å². The van der Waals surface area contributed by atoms with Gasteiger partial charge >= 0.3 is 0 Å². The van der Waals surface area contributed by atoms with E-state index in [-0.39, 0.29) is 23.7 Å². The monoisotopic (exact) mass is 504 g/mol. The third-order valence-corrected chi connectivity index (χ3v) is 6.41. The number of ether oxygens (including phenoxy) is 1. The van der Waals surface area contributed by atoms with Gasteiger partial charge in [-0.05, 0) is 56.0 Å². The number of furan rings is 1. The normalized spacial score (nSPS) is 11.8. The van der Waals surface area contributed by atoms with Crippen LogP contribution in [0.1, 0.15) is 71.2 Å². The van der Waals surface area contributed by atoms with Crippen molar-refractivity contribution in [3.05, 3.63) is 77.3 Å². The van der Waals surface area contributed by atoms with Gasteiger partial charge in [-0.1, -0.05) is 26.0 Å². The second-order valence-electron chi connectivity index (χ2n) is 8.83. The number of benzene rings is 1. The van der Waals surface area contributed by atoms with Gasteiger partial charge in [-0.2, -0.15) is 10.2 Å². The second kappa shape index (κ2) is 11.2. The highest BCUT2D eigenvalue weighted by molar-refractivity contribution is 6.11. The molecule has 0 radical (unpaired) electrons. The van der Waals surface area contributed by atoms with Crippen molar-refractivity contribution in [2.24, 2.45) is 7.05 Å². The van der Waals surface area contributed by atoms with E-state index < -0.39 is 11.8 Å². The van der Waals surface area contributed by atoms with Crippen molar-refractivity contribution in [2.45, 2.75) is 53.2 Å². The molecular formula is C27H32N6O4. The minimum absolute atomic E-state index is 0.101. The average molecular weight is 505 g/mol. The molecule has 10 heteroatoms. The molecule has 37 heavy (non-hydrogen) atoms. The molecule has 0 bridgehead atoms. The molecular weight excluding hydrogens is 472 g/mol. The smallest absolute Gasteiger partial charge is 0.291 e. The number of carbonyl (C=O) groups is 2. The Balaban J connectivity index is 1.41. The standard InChI is InChI=1S/C27H32N6O4/c1-6-17(3)19-8-10-20(11-9-19)36-16-21-12-13-24(37-21)26(34)31-23-15-29-33(7-2)25(23)27(35)30-22-14-28-32(5)18(22)4/h8-15,17H,6-7,16H2,1-5H3,(H,30,35)(H,31,34). The van der Waals surface area contributed by atoms with Crippen molar-refractivity contribution in [1.82, 2.24) is 19.6 Å². The van der Waals surface area contributed by atoms with E-state index in [2.05, 4.69) is 46.8 Å². The maximum absolute atomic E-state index is 13.1. The summed E-state index contributed by atoms with van der Waals surface area (Å²) in [5, 5.41) is 13.9. The number of carbonyl (C=O) groups excluding carboxylic acids is 2. The maximum Gasteiger partial charge on any atom is 0.291 e. The Morgan fingerprint density at radius 3 is 2.35 bits per heavy atom. The van der Waals surface area contributed by atoms with E-state index in [0.29, 0.717) is 23.9 Å². The first-order chi connectivity index (χ1) is 17.8. The summed E-state index contributed by atoms with van der Waals surface area (Å²) in [7, 11) is 1.79. The van der Waals surface area contributed by atoms with Crippen LogP contribution in [0, 0.1) is 6.92 Å². The van der Waals surface area contributed by atoms with Gasteiger partial charge in [0.05, 0.1) is 29.5 Å². The topological polar surface area (TPSA) is 116 Å². The predicted molar refractivity (Wildman–Crippen MR) is 140 cm³/mol.